The van der Waals surface area contributed by atoms with Crippen molar-refractivity contribution in [1.29, 1.82) is 5.26 Å². The van der Waals surface area contributed by atoms with E-state index in [4.69, 9.17) is 0 Å². The molecule has 176 valence electrons. The van der Waals surface area contributed by atoms with Gasteiger partial charge < -0.3 is 9.88 Å². The number of sulfonamides is 1. The van der Waals surface area contributed by atoms with E-state index >= 15 is 0 Å². The fourth-order valence-corrected chi connectivity index (χ4v) is 4.82. The number of hydrogen-bond donors (Lipinski definition) is 1. The molecule has 0 saturated heterocycles. The first-order chi connectivity index (χ1) is 14.9. The number of nitriles is 1. The van der Waals surface area contributed by atoms with Crippen LogP contribution in [0.1, 0.15) is 47.5 Å². The fraction of sp³-hybridized carbons (Fsp3) is 0.591. The fourth-order valence-electron chi connectivity index (χ4n) is 2.95. The van der Waals surface area contributed by atoms with Gasteiger partial charge in [0.2, 0.25) is 15.9 Å². The summed E-state index contributed by atoms with van der Waals surface area (Å²) in [5.74, 6) is -0.280. The Kier molecular flexibility index (Phi) is 8.37. The number of aryl methyl sites for hydroxylation is 1. The first-order valence-electron chi connectivity index (χ1n) is 10.7. The summed E-state index contributed by atoms with van der Waals surface area (Å²) < 4.78 is 28.3. The molecule has 1 aromatic heterocycles. The molecule has 0 spiro atoms. The van der Waals surface area contributed by atoms with Crippen molar-refractivity contribution in [2.75, 3.05) is 14.1 Å². The van der Waals surface area contributed by atoms with Crippen LogP contribution in [0.4, 0.5) is 0 Å². The molecule has 1 aromatic carbocycles. The van der Waals surface area contributed by atoms with Crippen molar-refractivity contribution in [3.8, 4) is 6.07 Å². The van der Waals surface area contributed by atoms with Gasteiger partial charge in [-0.3, -0.25) is 4.79 Å². The Morgan fingerprint density at radius 3 is 2.53 bits per heavy atom. The number of hydrogen-bond acceptors (Lipinski definition) is 6. The molecule has 10 heteroatoms. The van der Waals surface area contributed by atoms with Gasteiger partial charge in [0.05, 0.1) is 27.2 Å². The predicted octanol–water partition coefficient (Wildman–Crippen LogP) is 3.62. The van der Waals surface area contributed by atoms with Crippen LogP contribution < -0.4 is 5.32 Å². The SMILES string of the molecule is CCCCn1c(SC(C)C(=O)NC(C)(C#N)C(C)C)nc2cc(S(=O)(=O)N(C)C)ccc21. The number of carbonyl (C=O) groups is 1. The van der Waals surface area contributed by atoms with E-state index in [2.05, 4.69) is 23.3 Å². The monoisotopic (exact) mass is 479 g/mol. The summed E-state index contributed by atoms with van der Waals surface area (Å²) in [4.78, 5) is 17.7. The Labute approximate surface area is 195 Å². The molecule has 1 amide bonds. The summed E-state index contributed by atoms with van der Waals surface area (Å²) in [6, 6.07) is 7.13. The zero-order valence-electron chi connectivity index (χ0n) is 19.8. The molecule has 0 aliphatic rings. The van der Waals surface area contributed by atoms with Gasteiger partial charge in [-0.05, 0) is 44.4 Å². The van der Waals surface area contributed by atoms with Crippen LogP contribution in [0.25, 0.3) is 11.0 Å². The van der Waals surface area contributed by atoms with E-state index in [0.29, 0.717) is 17.2 Å². The minimum absolute atomic E-state index is 0.0418. The second-order valence-electron chi connectivity index (χ2n) is 8.56. The summed E-state index contributed by atoms with van der Waals surface area (Å²) in [6.45, 7) is 10.1. The molecule has 2 rings (SSSR count). The standard InChI is InChI=1S/C22H33N5O3S2/c1-8-9-12-27-19-11-10-17(32(29,30)26(6)7)13-18(19)24-21(27)31-16(4)20(28)25-22(5,14-23)15(2)3/h10-11,13,15-16H,8-9,12H2,1-7H3,(H,25,28). The molecular formula is C22H33N5O3S2. The van der Waals surface area contributed by atoms with E-state index < -0.39 is 20.8 Å². The van der Waals surface area contributed by atoms with E-state index in [1.807, 2.05) is 18.4 Å². The van der Waals surface area contributed by atoms with Gasteiger partial charge >= 0.3 is 0 Å². The van der Waals surface area contributed by atoms with Gasteiger partial charge in [0.25, 0.3) is 0 Å². The Hall–Kier alpha value is -2.09. The third kappa shape index (κ3) is 5.45. The average molecular weight is 480 g/mol. The first-order valence-corrected chi connectivity index (χ1v) is 13.0. The lowest BCUT2D eigenvalue weighted by Gasteiger charge is -2.28. The maximum absolute atomic E-state index is 12.8. The number of carbonyl (C=O) groups excluding carboxylic acids is 1. The molecule has 0 saturated carbocycles. The van der Waals surface area contributed by atoms with E-state index in [1.165, 1.54) is 30.2 Å². The zero-order chi connectivity index (χ0) is 24.3. The largest absolute Gasteiger partial charge is 0.337 e. The minimum atomic E-state index is -3.57. The quantitative estimate of drug-likeness (QED) is 0.522. The van der Waals surface area contributed by atoms with Crippen molar-refractivity contribution in [2.45, 2.75) is 74.8 Å². The lowest BCUT2D eigenvalue weighted by Crippen LogP contribution is -2.51. The van der Waals surface area contributed by atoms with Crippen LogP contribution in [0.3, 0.4) is 0 Å². The van der Waals surface area contributed by atoms with E-state index in [-0.39, 0.29) is 16.7 Å². The Morgan fingerprint density at radius 1 is 1.34 bits per heavy atom. The van der Waals surface area contributed by atoms with Crippen molar-refractivity contribution in [1.82, 2.24) is 19.2 Å². The average Bonchev–Trinajstić information content (AvgIpc) is 3.07. The lowest BCUT2D eigenvalue weighted by molar-refractivity contribution is -0.121. The molecule has 32 heavy (non-hydrogen) atoms. The Morgan fingerprint density at radius 2 is 2.00 bits per heavy atom. The number of imidazole rings is 1. The number of thioether (sulfide) groups is 1. The van der Waals surface area contributed by atoms with Crippen LogP contribution in [0.15, 0.2) is 28.3 Å². The number of fused-ring (bicyclic) bond motifs is 1. The van der Waals surface area contributed by atoms with E-state index in [0.717, 1.165) is 18.4 Å². The molecule has 1 heterocycles. The highest BCUT2D eigenvalue weighted by atomic mass is 32.2. The molecule has 8 nitrogen and oxygen atoms in total. The van der Waals surface area contributed by atoms with Gasteiger partial charge in [0, 0.05) is 20.6 Å². The van der Waals surface area contributed by atoms with Gasteiger partial charge in [-0.2, -0.15) is 5.26 Å². The molecule has 0 aliphatic heterocycles. The summed E-state index contributed by atoms with van der Waals surface area (Å²) in [7, 11) is -0.588. The van der Waals surface area contributed by atoms with E-state index in [9.17, 15) is 18.5 Å². The first kappa shape index (κ1) is 26.2. The molecule has 0 bridgehead atoms. The number of aromatic nitrogens is 2. The lowest BCUT2D eigenvalue weighted by atomic mass is 9.90. The smallest absolute Gasteiger partial charge is 0.242 e. The molecule has 0 aliphatic carbocycles. The Balaban J connectivity index is 2.41. The summed E-state index contributed by atoms with van der Waals surface area (Å²) in [5, 5.41) is 12.5. The molecule has 2 aromatic rings. The zero-order valence-corrected chi connectivity index (χ0v) is 21.5. The highest BCUT2D eigenvalue weighted by Gasteiger charge is 2.32. The van der Waals surface area contributed by atoms with Crippen LogP contribution in [-0.2, 0) is 21.4 Å². The molecule has 2 unspecified atom stereocenters. The number of unbranched alkanes of at least 4 members (excludes halogenated alkanes) is 1. The van der Waals surface area contributed by atoms with E-state index in [1.54, 1.807) is 32.0 Å². The second-order valence-corrected chi connectivity index (χ2v) is 12.0. The highest BCUT2D eigenvalue weighted by molar-refractivity contribution is 8.00. The van der Waals surface area contributed by atoms with Crippen molar-refractivity contribution in [3.05, 3.63) is 18.2 Å². The third-order valence-corrected chi connectivity index (χ3v) is 8.52. The van der Waals surface area contributed by atoms with Crippen molar-refractivity contribution >= 4 is 38.7 Å². The van der Waals surface area contributed by atoms with Gasteiger partial charge in [-0.15, -0.1) is 0 Å². The maximum Gasteiger partial charge on any atom is 0.242 e. The van der Waals surface area contributed by atoms with Crippen LogP contribution in [0, 0.1) is 17.2 Å². The van der Waals surface area contributed by atoms with Crippen LogP contribution in [0.2, 0.25) is 0 Å². The molecule has 0 fully saturated rings. The van der Waals surface area contributed by atoms with Crippen molar-refractivity contribution < 1.29 is 13.2 Å². The van der Waals surface area contributed by atoms with Gasteiger partial charge in [0.1, 0.15) is 5.54 Å². The molecular weight excluding hydrogens is 446 g/mol. The third-order valence-electron chi connectivity index (χ3n) is 5.62. The highest BCUT2D eigenvalue weighted by Crippen LogP contribution is 2.30. The van der Waals surface area contributed by atoms with Crippen LogP contribution in [-0.4, -0.2) is 53.1 Å². The number of amides is 1. The molecule has 0 radical (unpaired) electrons. The van der Waals surface area contributed by atoms with Crippen LogP contribution >= 0.6 is 11.8 Å². The topological polar surface area (TPSA) is 108 Å². The number of nitrogens with zero attached hydrogens (tertiary/aromatic N) is 4. The van der Waals surface area contributed by atoms with Gasteiger partial charge in [-0.25, -0.2) is 17.7 Å². The normalized spacial score (nSPS) is 15.0. The number of rotatable bonds is 10. The second kappa shape index (κ2) is 10.2. The van der Waals surface area contributed by atoms with Gasteiger partial charge in [0.15, 0.2) is 5.16 Å². The molecule has 2 atom stereocenters. The number of benzene rings is 1. The summed E-state index contributed by atoms with van der Waals surface area (Å²) in [6.07, 6.45) is 1.92. The minimum Gasteiger partial charge on any atom is -0.337 e. The maximum atomic E-state index is 12.8. The van der Waals surface area contributed by atoms with Crippen molar-refractivity contribution in [3.63, 3.8) is 0 Å². The Bertz CT molecular complexity index is 1120. The van der Waals surface area contributed by atoms with Crippen LogP contribution in [0.5, 0.6) is 0 Å². The van der Waals surface area contributed by atoms with Gasteiger partial charge in [-0.1, -0.05) is 39.0 Å². The van der Waals surface area contributed by atoms with Crippen molar-refractivity contribution in [2.24, 2.45) is 5.92 Å². The number of nitrogens with one attached hydrogen (secondary N) is 1. The predicted molar refractivity (Wildman–Crippen MR) is 128 cm³/mol. The summed E-state index contributed by atoms with van der Waals surface area (Å²) >= 11 is 1.31. The summed E-state index contributed by atoms with van der Waals surface area (Å²) in [5.41, 5.74) is 0.447. The molecule has 1 N–H and O–H groups in total.